The third-order valence-corrected chi connectivity index (χ3v) is 3.91. The maximum atomic E-state index is 10.9. The molecule has 3 rings (SSSR count). The molecule has 0 amide bonds. The van der Waals surface area contributed by atoms with Gasteiger partial charge in [-0.1, -0.05) is 45.5 Å². The van der Waals surface area contributed by atoms with E-state index in [2.05, 4.69) is 31.2 Å². The molecule has 1 N–H and O–H groups in total. The zero-order valence-electron chi connectivity index (χ0n) is 8.74. The van der Waals surface area contributed by atoms with Gasteiger partial charge in [0.15, 0.2) is 0 Å². The number of nitrogens with zero attached hydrogens (tertiary/aromatic N) is 4. The van der Waals surface area contributed by atoms with Crippen molar-refractivity contribution in [2.75, 3.05) is 0 Å². The van der Waals surface area contributed by atoms with E-state index in [-0.39, 0.29) is 5.82 Å². The number of aromatic carboxylic acids is 1. The summed E-state index contributed by atoms with van der Waals surface area (Å²) in [6.45, 7) is 0. The van der Waals surface area contributed by atoms with Crippen molar-refractivity contribution in [3.63, 3.8) is 0 Å². The SMILES string of the molecule is O=C(O)c1nnc2sc(-c3ccccc3Br)nn12. The first kappa shape index (κ1) is 11.3. The lowest BCUT2D eigenvalue weighted by molar-refractivity contribution is 0.0680. The van der Waals surface area contributed by atoms with Gasteiger partial charge in [0.05, 0.1) is 0 Å². The molecule has 2 aromatic heterocycles. The van der Waals surface area contributed by atoms with Crippen LogP contribution in [-0.2, 0) is 0 Å². The van der Waals surface area contributed by atoms with Crippen molar-refractivity contribution in [3.8, 4) is 10.6 Å². The summed E-state index contributed by atoms with van der Waals surface area (Å²) in [6.07, 6.45) is 0. The molecular formula is C10H5BrN4O2S. The highest BCUT2D eigenvalue weighted by molar-refractivity contribution is 9.10. The highest BCUT2D eigenvalue weighted by atomic mass is 79.9. The van der Waals surface area contributed by atoms with Crippen LogP contribution in [0.25, 0.3) is 15.5 Å². The molecule has 0 aliphatic rings. The molecule has 0 aliphatic heterocycles. The standard InChI is InChI=1S/C10H5BrN4O2S/c11-6-4-2-1-3-5(6)8-14-15-7(9(16)17)12-13-10(15)18-8/h1-4H,(H,16,17). The second-order valence-electron chi connectivity index (χ2n) is 3.41. The van der Waals surface area contributed by atoms with E-state index in [0.717, 1.165) is 10.0 Å². The zero-order chi connectivity index (χ0) is 12.7. The number of benzene rings is 1. The van der Waals surface area contributed by atoms with Gasteiger partial charge in [-0.05, 0) is 6.07 Å². The molecule has 0 atom stereocenters. The summed E-state index contributed by atoms with van der Waals surface area (Å²) in [6, 6.07) is 7.59. The van der Waals surface area contributed by atoms with Gasteiger partial charge in [-0.15, -0.1) is 10.2 Å². The van der Waals surface area contributed by atoms with E-state index in [1.54, 1.807) is 0 Å². The third kappa shape index (κ3) is 1.70. The number of carbonyl (C=O) groups is 1. The molecule has 0 unspecified atom stereocenters. The van der Waals surface area contributed by atoms with Crippen LogP contribution in [0.5, 0.6) is 0 Å². The Labute approximate surface area is 113 Å². The van der Waals surface area contributed by atoms with Crippen molar-refractivity contribution in [1.82, 2.24) is 19.8 Å². The summed E-state index contributed by atoms with van der Waals surface area (Å²) in [4.78, 5) is 11.4. The molecule has 0 spiro atoms. The van der Waals surface area contributed by atoms with Crippen LogP contribution in [0.15, 0.2) is 28.7 Å². The summed E-state index contributed by atoms with van der Waals surface area (Å²) in [7, 11) is 0. The van der Waals surface area contributed by atoms with E-state index in [1.165, 1.54) is 15.9 Å². The van der Waals surface area contributed by atoms with Crippen LogP contribution in [0.3, 0.4) is 0 Å². The predicted molar refractivity (Wildman–Crippen MR) is 68.8 cm³/mol. The Kier molecular flexibility index (Phi) is 2.60. The number of hydrogen-bond donors (Lipinski definition) is 1. The lowest BCUT2D eigenvalue weighted by Gasteiger charge is -1.97. The van der Waals surface area contributed by atoms with Crippen molar-refractivity contribution in [3.05, 3.63) is 34.6 Å². The molecule has 0 aliphatic carbocycles. The summed E-state index contributed by atoms with van der Waals surface area (Å²) in [5, 5.41) is 21.2. The first-order valence-electron chi connectivity index (χ1n) is 4.87. The van der Waals surface area contributed by atoms with E-state index < -0.39 is 5.97 Å². The number of hydrogen-bond acceptors (Lipinski definition) is 5. The fourth-order valence-electron chi connectivity index (χ4n) is 1.49. The first-order valence-corrected chi connectivity index (χ1v) is 6.48. The minimum Gasteiger partial charge on any atom is -0.475 e. The van der Waals surface area contributed by atoms with Gasteiger partial charge < -0.3 is 5.11 Å². The maximum absolute atomic E-state index is 10.9. The smallest absolute Gasteiger partial charge is 0.375 e. The molecule has 8 heteroatoms. The maximum Gasteiger partial charge on any atom is 0.375 e. The fraction of sp³-hybridized carbons (Fsp3) is 0. The molecule has 0 saturated heterocycles. The molecule has 0 radical (unpaired) electrons. The average Bonchev–Trinajstić information content (AvgIpc) is 2.88. The molecule has 3 aromatic rings. The van der Waals surface area contributed by atoms with Gasteiger partial charge in [-0.3, -0.25) is 0 Å². The van der Waals surface area contributed by atoms with E-state index in [4.69, 9.17) is 5.11 Å². The van der Waals surface area contributed by atoms with Crippen LogP contribution in [0.2, 0.25) is 0 Å². The van der Waals surface area contributed by atoms with Crippen LogP contribution < -0.4 is 0 Å². The summed E-state index contributed by atoms with van der Waals surface area (Å²) >= 11 is 4.72. The monoisotopic (exact) mass is 324 g/mol. The second kappa shape index (κ2) is 4.14. The van der Waals surface area contributed by atoms with Gasteiger partial charge in [0.1, 0.15) is 5.01 Å². The Morgan fingerprint density at radius 2 is 2.11 bits per heavy atom. The van der Waals surface area contributed by atoms with Crippen molar-refractivity contribution in [2.24, 2.45) is 0 Å². The van der Waals surface area contributed by atoms with Crippen LogP contribution in [0.1, 0.15) is 10.6 Å². The van der Waals surface area contributed by atoms with Gasteiger partial charge in [0.25, 0.3) is 5.82 Å². The van der Waals surface area contributed by atoms with Gasteiger partial charge in [-0.2, -0.15) is 9.61 Å². The van der Waals surface area contributed by atoms with Crippen molar-refractivity contribution < 1.29 is 9.90 Å². The molecule has 0 saturated carbocycles. The molecule has 0 fully saturated rings. The van der Waals surface area contributed by atoms with Gasteiger partial charge in [-0.25, -0.2) is 4.79 Å². The van der Waals surface area contributed by atoms with Crippen LogP contribution >= 0.6 is 27.3 Å². The van der Waals surface area contributed by atoms with Gasteiger partial charge in [0, 0.05) is 10.0 Å². The Bertz CT molecular complexity index is 751. The predicted octanol–water partition coefficient (Wildman–Crippen LogP) is 2.31. The average molecular weight is 325 g/mol. The topological polar surface area (TPSA) is 80.4 Å². The van der Waals surface area contributed by atoms with E-state index in [0.29, 0.717) is 9.97 Å². The van der Waals surface area contributed by atoms with E-state index in [1.807, 2.05) is 24.3 Å². The molecule has 2 heterocycles. The van der Waals surface area contributed by atoms with E-state index in [9.17, 15) is 4.79 Å². The highest BCUT2D eigenvalue weighted by Crippen LogP contribution is 2.31. The molecule has 18 heavy (non-hydrogen) atoms. The van der Waals surface area contributed by atoms with Crippen LogP contribution in [0, 0.1) is 0 Å². The first-order chi connectivity index (χ1) is 8.66. The Morgan fingerprint density at radius 1 is 1.33 bits per heavy atom. The number of carboxylic acids is 1. The van der Waals surface area contributed by atoms with Crippen LogP contribution in [0.4, 0.5) is 0 Å². The van der Waals surface area contributed by atoms with E-state index >= 15 is 0 Å². The molecule has 90 valence electrons. The summed E-state index contributed by atoms with van der Waals surface area (Å²) in [5.74, 6) is -1.33. The quantitative estimate of drug-likeness (QED) is 0.782. The number of halogens is 1. The molecule has 1 aromatic carbocycles. The van der Waals surface area contributed by atoms with Crippen molar-refractivity contribution in [1.29, 1.82) is 0 Å². The highest BCUT2D eigenvalue weighted by Gasteiger charge is 2.18. The lowest BCUT2D eigenvalue weighted by atomic mass is 10.2. The zero-order valence-corrected chi connectivity index (χ0v) is 11.1. The number of carboxylic acid groups (broad SMARTS) is 1. The normalized spacial score (nSPS) is 10.9. The summed E-state index contributed by atoms with van der Waals surface area (Å²) in [5.41, 5.74) is 0.893. The molecular weight excluding hydrogens is 320 g/mol. The molecule has 0 bridgehead atoms. The summed E-state index contributed by atoms with van der Waals surface area (Å²) < 4.78 is 2.13. The van der Waals surface area contributed by atoms with Crippen LogP contribution in [-0.4, -0.2) is 30.9 Å². The number of aromatic nitrogens is 4. The Morgan fingerprint density at radius 3 is 2.83 bits per heavy atom. The molecule has 6 nitrogen and oxygen atoms in total. The second-order valence-corrected chi connectivity index (χ2v) is 5.22. The number of fused-ring (bicyclic) bond motifs is 1. The Balaban J connectivity index is 2.20. The minimum absolute atomic E-state index is 0.181. The van der Waals surface area contributed by atoms with Crippen molar-refractivity contribution >= 4 is 38.2 Å². The van der Waals surface area contributed by atoms with Gasteiger partial charge in [0.2, 0.25) is 4.96 Å². The Hall–Kier alpha value is -1.80. The minimum atomic E-state index is -1.15. The largest absolute Gasteiger partial charge is 0.475 e. The third-order valence-electron chi connectivity index (χ3n) is 2.29. The lowest BCUT2D eigenvalue weighted by Crippen LogP contribution is -2.04. The number of rotatable bonds is 2. The fourth-order valence-corrected chi connectivity index (χ4v) is 2.98. The van der Waals surface area contributed by atoms with Gasteiger partial charge >= 0.3 is 5.97 Å². The van der Waals surface area contributed by atoms with Crippen molar-refractivity contribution in [2.45, 2.75) is 0 Å².